The quantitative estimate of drug-likeness (QED) is 0.683. The number of hydrogen-bond donors (Lipinski definition) is 1. The first-order valence-electron chi connectivity index (χ1n) is 7.30. The van der Waals surface area contributed by atoms with Gasteiger partial charge in [0.25, 0.3) is 5.91 Å². The Bertz CT molecular complexity index is 561. The minimum atomic E-state index is -0.263. The van der Waals surface area contributed by atoms with Gasteiger partial charge in [-0.1, -0.05) is 25.0 Å². The highest BCUT2D eigenvalue weighted by Crippen LogP contribution is 2.19. The zero-order chi connectivity index (χ0) is 15.2. The fourth-order valence-corrected chi connectivity index (χ4v) is 2.52. The number of nitrogens with one attached hydrogen (secondary N) is 1. The normalized spacial score (nSPS) is 15.6. The Labute approximate surface area is 126 Å². The van der Waals surface area contributed by atoms with Crippen LogP contribution in [-0.2, 0) is 4.79 Å². The smallest absolute Gasteiger partial charge is 0.262 e. The lowest BCUT2D eigenvalue weighted by molar-refractivity contribution is -0.117. The van der Waals surface area contributed by atoms with Crippen LogP contribution in [0.25, 0.3) is 6.08 Å². The van der Waals surface area contributed by atoms with Crippen molar-refractivity contribution in [1.82, 2.24) is 5.32 Å². The Morgan fingerprint density at radius 2 is 1.90 bits per heavy atom. The van der Waals surface area contributed by atoms with Crippen LogP contribution in [0, 0.1) is 11.3 Å². The maximum absolute atomic E-state index is 12.1. The van der Waals surface area contributed by atoms with Gasteiger partial charge in [-0.3, -0.25) is 4.79 Å². The molecule has 1 aromatic carbocycles. The number of nitrogens with zero attached hydrogens (tertiary/aromatic N) is 2. The van der Waals surface area contributed by atoms with Crippen molar-refractivity contribution in [2.24, 2.45) is 0 Å². The topological polar surface area (TPSA) is 56.1 Å². The molecule has 0 unspecified atom stereocenters. The van der Waals surface area contributed by atoms with Crippen molar-refractivity contribution >= 4 is 17.7 Å². The summed E-state index contributed by atoms with van der Waals surface area (Å²) >= 11 is 0. The summed E-state index contributed by atoms with van der Waals surface area (Å²) in [6.45, 7) is 0. The predicted octanol–water partition coefficient (Wildman–Crippen LogP) is 2.72. The predicted molar refractivity (Wildman–Crippen MR) is 84.8 cm³/mol. The molecule has 1 aliphatic rings. The highest BCUT2D eigenvalue weighted by atomic mass is 16.1. The number of carbonyl (C=O) groups excluding carboxylic acids is 1. The number of rotatable bonds is 4. The summed E-state index contributed by atoms with van der Waals surface area (Å²) in [7, 11) is 3.95. The van der Waals surface area contributed by atoms with Gasteiger partial charge in [0, 0.05) is 25.8 Å². The lowest BCUT2D eigenvalue weighted by atomic mass is 10.1. The van der Waals surface area contributed by atoms with Gasteiger partial charge in [-0.25, -0.2) is 0 Å². The molecule has 1 aliphatic carbocycles. The molecular weight excluding hydrogens is 262 g/mol. The zero-order valence-corrected chi connectivity index (χ0v) is 12.6. The van der Waals surface area contributed by atoms with E-state index in [1.807, 2.05) is 49.3 Å². The van der Waals surface area contributed by atoms with Gasteiger partial charge in [0.15, 0.2) is 0 Å². The highest BCUT2D eigenvalue weighted by molar-refractivity contribution is 6.01. The molecule has 4 heteroatoms. The van der Waals surface area contributed by atoms with Crippen LogP contribution in [0.1, 0.15) is 31.2 Å². The van der Waals surface area contributed by atoms with Crippen LogP contribution in [0.15, 0.2) is 29.8 Å². The second-order valence-electron chi connectivity index (χ2n) is 5.61. The molecule has 1 amide bonds. The third-order valence-corrected chi connectivity index (χ3v) is 3.78. The summed E-state index contributed by atoms with van der Waals surface area (Å²) < 4.78 is 0. The van der Waals surface area contributed by atoms with E-state index in [9.17, 15) is 10.1 Å². The van der Waals surface area contributed by atoms with E-state index in [1.165, 1.54) is 0 Å². The minimum absolute atomic E-state index is 0.166. The van der Waals surface area contributed by atoms with Crippen molar-refractivity contribution in [3.63, 3.8) is 0 Å². The van der Waals surface area contributed by atoms with Crippen molar-refractivity contribution in [3.8, 4) is 6.07 Å². The van der Waals surface area contributed by atoms with Gasteiger partial charge in [0.2, 0.25) is 0 Å². The monoisotopic (exact) mass is 283 g/mol. The number of carbonyl (C=O) groups is 1. The van der Waals surface area contributed by atoms with Crippen LogP contribution in [0.3, 0.4) is 0 Å². The summed E-state index contributed by atoms with van der Waals surface area (Å²) in [5, 5.41) is 12.1. The highest BCUT2D eigenvalue weighted by Gasteiger charge is 2.19. The van der Waals surface area contributed by atoms with E-state index in [1.54, 1.807) is 6.08 Å². The van der Waals surface area contributed by atoms with E-state index in [-0.39, 0.29) is 17.5 Å². The van der Waals surface area contributed by atoms with Crippen molar-refractivity contribution < 1.29 is 4.79 Å². The van der Waals surface area contributed by atoms with Crippen molar-refractivity contribution in [2.75, 3.05) is 19.0 Å². The molecule has 0 radical (unpaired) electrons. The van der Waals surface area contributed by atoms with Crippen LogP contribution in [0.2, 0.25) is 0 Å². The van der Waals surface area contributed by atoms with Crippen LogP contribution < -0.4 is 10.2 Å². The van der Waals surface area contributed by atoms with Gasteiger partial charge in [0.05, 0.1) is 0 Å². The van der Waals surface area contributed by atoms with E-state index in [2.05, 4.69) is 5.32 Å². The van der Waals surface area contributed by atoms with Crippen molar-refractivity contribution in [2.45, 2.75) is 31.7 Å². The Balaban J connectivity index is 2.08. The second kappa shape index (κ2) is 6.94. The number of hydrogen-bond acceptors (Lipinski definition) is 3. The van der Waals surface area contributed by atoms with Crippen LogP contribution >= 0.6 is 0 Å². The summed E-state index contributed by atoms with van der Waals surface area (Å²) in [6, 6.07) is 9.99. The van der Waals surface area contributed by atoms with Crippen LogP contribution in [0.5, 0.6) is 0 Å². The average Bonchev–Trinajstić information content (AvgIpc) is 2.98. The molecule has 1 saturated carbocycles. The largest absolute Gasteiger partial charge is 0.378 e. The first-order valence-corrected chi connectivity index (χ1v) is 7.30. The zero-order valence-electron chi connectivity index (χ0n) is 12.6. The molecule has 0 spiro atoms. The SMILES string of the molecule is CN(C)c1ccc(C=C(C#N)C(=O)NC2CCCC2)cc1. The molecular formula is C17H21N3O. The van der Waals surface area contributed by atoms with Gasteiger partial charge >= 0.3 is 0 Å². The number of anilines is 1. The Hall–Kier alpha value is -2.28. The van der Waals surface area contributed by atoms with E-state index >= 15 is 0 Å². The Kier molecular flexibility index (Phi) is 4.99. The molecule has 4 nitrogen and oxygen atoms in total. The van der Waals surface area contributed by atoms with Gasteiger partial charge in [-0.05, 0) is 36.6 Å². The summed E-state index contributed by atoms with van der Waals surface area (Å²) in [4.78, 5) is 14.1. The van der Waals surface area contributed by atoms with E-state index in [0.29, 0.717) is 0 Å². The summed E-state index contributed by atoms with van der Waals surface area (Å²) in [6.07, 6.45) is 5.98. The van der Waals surface area contributed by atoms with E-state index in [0.717, 1.165) is 36.9 Å². The first-order chi connectivity index (χ1) is 10.1. The molecule has 1 fully saturated rings. The first kappa shape index (κ1) is 15.1. The third-order valence-electron chi connectivity index (χ3n) is 3.78. The Morgan fingerprint density at radius 3 is 2.43 bits per heavy atom. The van der Waals surface area contributed by atoms with E-state index < -0.39 is 0 Å². The fraction of sp³-hybridized carbons (Fsp3) is 0.412. The molecule has 0 aromatic heterocycles. The maximum atomic E-state index is 12.1. The number of benzene rings is 1. The van der Waals surface area contributed by atoms with Gasteiger partial charge in [-0.15, -0.1) is 0 Å². The molecule has 0 atom stereocenters. The number of nitriles is 1. The molecule has 1 N–H and O–H groups in total. The summed E-state index contributed by atoms with van der Waals surface area (Å²) in [5.74, 6) is -0.263. The maximum Gasteiger partial charge on any atom is 0.262 e. The van der Waals surface area contributed by atoms with Crippen LogP contribution in [-0.4, -0.2) is 26.0 Å². The second-order valence-corrected chi connectivity index (χ2v) is 5.61. The molecule has 1 aromatic rings. The van der Waals surface area contributed by atoms with Gasteiger partial charge in [-0.2, -0.15) is 5.26 Å². The molecule has 0 aliphatic heterocycles. The van der Waals surface area contributed by atoms with Crippen molar-refractivity contribution in [3.05, 3.63) is 35.4 Å². The Morgan fingerprint density at radius 1 is 1.29 bits per heavy atom. The lowest BCUT2D eigenvalue weighted by Crippen LogP contribution is -2.33. The molecule has 2 rings (SSSR count). The molecule has 0 heterocycles. The molecule has 21 heavy (non-hydrogen) atoms. The minimum Gasteiger partial charge on any atom is -0.378 e. The van der Waals surface area contributed by atoms with Gasteiger partial charge in [0.1, 0.15) is 11.6 Å². The van der Waals surface area contributed by atoms with Crippen molar-refractivity contribution in [1.29, 1.82) is 5.26 Å². The third kappa shape index (κ3) is 4.09. The molecule has 0 bridgehead atoms. The standard InChI is InChI=1S/C17H21N3O/c1-20(2)16-9-7-13(8-10-16)11-14(12-18)17(21)19-15-5-3-4-6-15/h7-11,15H,3-6H2,1-2H3,(H,19,21). The lowest BCUT2D eigenvalue weighted by Gasteiger charge is -2.12. The summed E-state index contributed by atoms with van der Waals surface area (Å²) in [5.41, 5.74) is 2.11. The average molecular weight is 283 g/mol. The van der Waals surface area contributed by atoms with E-state index in [4.69, 9.17) is 0 Å². The number of amides is 1. The fourth-order valence-electron chi connectivity index (χ4n) is 2.52. The molecule has 110 valence electrons. The van der Waals surface area contributed by atoms with Crippen LogP contribution in [0.4, 0.5) is 5.69 Å². The van der Waals surface area contributed by atoms with Gasteiger partial charge < -0.3 is 10.2 Å². The molecule has 0 saturated heterocycles.